The summed E-state index contributed by atoms with van der Waals surface area (Å²) < 4.78 is 0. The van der Waals surface area contributed by atoms with Gasteiger partial charge in [-0.25, -0.2) is 0 Å². The summed E-state index contributed by atoms with van der Waals surface area (Å²) in [5, 5.41) is 1.25. The molecule has 0 spiro atoms. The largest absolute Gasteiger partial charge is 0.361 e. The number of nitrogens with one attached hydrogen (secondary N) is 1. The molecule has 0 saturated heterocycles. The van der Waals surface area contributed by atoms with E-state index in [1.165, 1.54) is 10.9 Å². The van der Waals surface area contributed by atoms with Gasteiger partial charge in [-0.15, -0.1) is 0 Å². The zero-order valence-electron chi connectivity index (χ0n) is 12.9. The predicted octanol–water partition coefficient (Wildman–Crippen LogP) is 4.60. The second kappa shape index (κ2) is 6.25. The number of carbonyl (C=O) groups is 1. The minimum atomic E-state index is 0.115. The molecule has 1 unspecified atom stereocenters. The highest BCUT2D eigenvalue weighted by Gasteiger charge is 2.23. The molecule has 0 saturated carbocycles. The van der Waals surface area contributed by atoms with E-state index in [0.717, 1.165) is 18.4 Å². The van der Waals surface area contributed by atoms with Gasteiger partial charge in [0.15, 0.2) is 0 Å². The minimum Gasteiger partial charge on any atom is -0.361 e. The van der Waals surface area contributed by atoms with E-state index in [2.05, 4.69) is 43.2 Å². The molecule has 1 aromatic carbocycles. The third-order valence-corrected chi connectivity index (χ3v) is 3.87. The van der Waals surface area contributed by atoms with E-state index in [4.69, 9.17) is 0 Å². The lowest BCUT2D eigenvalue weighted by atomic mass is 9.84. The Balaban J connectivity index is 2.25. The molecule has 2 nitrogen and oxygen atoms in total. The molecule has 1 heterocycles. The molecule has 0 aliphatic rings. The third kappa shape index (κ3) is 3.30. The summed E-state index contributed by atoms with van der Waals surface area (Å²) in [5.74, 6) is 1.19. The molecular weight excluding hydrogens is 246 g/mol. The van der Waals surface area contributed by atoms with Crippen LogP contribution in [0.15, 0.2) is 30.5 Å². The first-order chi connectivity index (χ1) is 9.49. The van der Waals surface area contributed by atoms with Crippen LogP contribution in [0.4, 0.5) is 0 Å². The summed E-state index contributed by atoms with van der Waals surface area (Å²) in [6.07, 6.45) is 3.88. The Morgan fingerprint density at radius 1 is 1.15 bits per heavy atom. The van der Waals surface area contributed by atoms with Gasteiger partial charge in [0.1, 0.15) is 5.78 Å². The fourth-order valence-electron chi connectivity index (χ4n) is 2.91. The second-order valence-corrected chi connectivity index (χ2v) is 6.45. The van der Waals surface area contributed by atoms with Crippen LogP contribution in [0.1, 0.15) is 39.7 Å². The number of rotatable bonds is 6. The molecule has 0 fully saturated rings. The Morgan fingerprint density at radius 3 is 2.50 bits per heavy atom. The molecule has 0 aliphatic carbocycles. The van der Waals surface area contributed by atoms with E-state index >= 15 is 0 Å². The number of H-pyrrole nitrogens is 1. The number of Topliss-reactive ketones (excluding diaryl/α,β-unsaturated/α-hetero) is 1. The number of hydrogen-bond acceptors (Lipinski definition) is 1. The van der Waals surface area contributed by atoms with Gasteiger partial charge in [-0.05, 0) is 30.4 Å². The lowest BCUT2D eigenvalue weighted by molar-refractivity contribution is -0.126. The van der Waals surface area contributed by atoms with Gasteiger partial charge in [0, 0.05) is 28.9 Å². The van der Waals surface area contributed by atoms with Crippen LogP contribution < -0.4 is 0 Å². The number of para-hydroxylation sites is 1. The summed E-state index contributed by atoms with van der Waals surface area (Å²) in [4.78, 5) is 15.7. The van der Waals surface area contributed by atoms with Crippen molar-refractivity contribution in [3.05, 3.63) is 36.0 Å². The minimum absolute atomic E-state index is 0.115. The maximum Gasteiger partial charge on any atom is 0.138 e. The molecule has 0 radical (unpaired) electrons. The zero-order valence-corrected chi connectivity index (χ0v) is 12.9. The first-order valence-electron chi connectivity index (χ1n) is 7.57. The summed E-state index contributed by atoms with van der Waals surface area (Å²) in [6, 6.07) is 8.31. The number of hydrogen-bond donors (Lipinski definition) is 1. The molecule has 1 aromatic heterocycles. The fourth-order valence-corrected chi connectivity index (χ4v) is 2.91. The van der Waals surface area contributed by atoms with Crippen molar-refractivity contribution in [1.29, 1.82) is 0 Å². The molecule has 0 amide bonds. The van der Waals surface area contributed by atoms with E-state index in [1.807, 2.05) is 19.9 Å². The topological polar surface area (TPSA) is 32.9 Å². The zero-order chi connectivity index (χ0) is 14.7. The van der Waals surface area contributed by atoms with Gasteiger partial charge < -0.3 is 4.98 Å². The van der Waals surface area contributed by atoms with Gasteiger partial charge in [0.05, 0.1) is 0 Å². The van der Waals surface area contributed by atoms with Gasteiger partial charge in [-0.1, -0.05) is 45.9 Å². The molecule has 2 aromatic rings. The molecule has 2 rings (SSSR count). The van der Waals surface area contributed by atoms with Gasteiger partial charge in [0.25, 0.3) is 0 Å². The van der Waals surface area contributed by atoms with Crippen molar-refractivity contribution < 1.29 is 4.79 Å². The molecule has 1 atom stereocenters. The number of aromatic amines is 1. The van der Waals surface area contributed by atoms with Gasteiger partial charge in [-0.2, -0.15) is 0 Å². The van der Waals surface area contributed by atoms with Crippen molar-refractivity contribution in [2.45, 2.75) is 40.5 Å². The average molecular weight is 271 g/mol. The van der Waals surface area contributed by atoms with Crippen LogP contribution in [0.3, 0.4) is 0 Å². The van der Waals surface area contributed by atoms with Crippen molar-refractivity contribution in [1.82, 2.24) is 4.98 Å². The maximum absolute atomic E-state index is 12.4. The Hall–Kier alpha value is -1.57. The highest BCUT2D eigenvalue weighted by atomic mass is 16.1. The quantitative estimate of drug-likeness (QED) is 0.818. The summed E-state index contributed by atoms with van der Waals surface area (Å²) in [5.41, 5.74) is 2.42. The lowest BCUT2D eigenvalue weighted by Crippen LogP contribution is -2.23. The smallest absolute Gasteiger partial charge is 0.138 e. The van der Waals surface area contributed by atoms with Crippen LogP contribution in [0.5, 0.6) is 0 Å². The van der Waals surface area contributed by atoms with E-state index < -0.39 is 0 Å². The number of ketones is 1. The Kier molecular flexibility index (Phi) is 4.64. The van der Waals surface area contributed by atoms with Crippen molar-refractivity contribution in [3.63, 3.8) is 0 Å². The first kappa shape index (κ1) is 14.8. The van der Waals surface area contributed by atoms with E-state index in [-0.39, 0.29) is 11.8 Å². The number of fused-ring (bicyclic) bond motifs is 1. The van der Waals surface area contributed by atoms with Gasteiger partial charge in [0.2, 0.25) is 0 Å². The number of benzene rings is 1. The average Bonchev–Trinajstić information content (AvgIpc) is 2.80. The molecule has 0 aliphatic heterocycles. The standard InChI is InChI=1S/C18H25NO/c1-12(2)9-14(18(20)13(3)4)10-15-11-19-17-8-6-5-7-16(15)17/h5-8,11-14,19H,9-10H2,1-4H3. The van der Waals surface area contributed by atoms with Crippen LogP contribution in [0.25, 0.3) is 10.9 Å². The SMILES string of the molecule is CC(C)CC(Cc1c[nH]c2ccccc12)C(=O)C(C)C. The normalized spacial score (nSPS) is 13.3. The lowest BCUT2D eigenvalue weighted by Gasteiger charge is -2.19. The summed E-state index contributed by atoms with van der Waals surface area (Å²) in [6.45, 7) is 8.39. The summed E-state index contributed by atoms with van der Waals surface area (Å²) in [7, 11) is 0. The Bertz CT molecular complexity index is 580. The fraction of sp³-hybridized carbons (Fsp3) is 0.500. The molecule has 1 N–H and O–H groups in total. The van der Waals surface area contributed by atoms with E-state index in [1.54, 1.807) is 0 Å². The maximum atomic E-state index is 12.4. The van der Waals surface area contributed by atoms with Gasteiger partial charge >= 0.3 is 0 Å². The van der Waals surface area contributed by atoms with Crippen molar-refractivity contribution >= 4 is 16.7 Å². The second-order valence-electron chi connectivity index (χ2n) is 6.45. The third-order valence-electron chi connectivity index (χ3n) is 3.87. The van der Waals surface area contributed by atoms with Crippen LogP contribution in [0.2, 0.25) is 0 Å². The van der Waals surface area contributed by atoms with Crippen LogP contribution >= 0.6 is 0 Å². The van der Waals surface area contributed by atoms with Crippen LogP contribution in [-0.2, 0) is 11.2 Å². The van der Waals surface area contributed by atoms with Crippen molar-refractivity contribution in [2.24, 2.45) is 17.8 Å². The van der Waals surface area contributed by atoms with E-state index in [0.29, 0.717) is 11.7 Å². The Labute approximate surface area is 121 Å². The predicted molar refractivity (Wildman–Crippen MR) is 84.8 cm³/mol. The van der Waals surface area contributed by atoms with E-state index in [9.17, 15) is 4.79 Å². The number of carbonyl (C=O) groups excluding carboxylic acids is 1. The van der Waals surface area contributed by atoms with Gasteiger partial charge in [-0.3, -0.25) is 4.79 Å². The van der Waals surface area contributed by atoms with Crippen LogP contribution in [0, 0.1) is 17.8 Å². The monoisotopic (exact) mass is 271 g/mol. The molecular formula is C18H25NO. The molecule has 108 valence electrons. The van der Waals surface area contributed by atoms with Crippen LogP contribution in [-0.4, -0.2) is 10.8 Å². The molecule has 0 bridgehead atoms. The van der Waals surface area contributed by atoms with Crippen molar-refractivity contribution in [2.75, 3.05) is 0 Å². The highest BCUT2D eigenvalue weighted by molar-refractivity contribution is 5.86. The number of aromatic nitrogens is 1. The molecule has 20 heavy (non-hydrogen) atoms. The highest BCUT2D eigenvalue weighted by Crippen LogP contribution is 2.26. The summed E-state index contributed by atoms with van der Waals surface area (Å²) >= 11 is 0. The van der Waals surface area contributed by atoms with Crippen molar-refractivity contribution in [3.8, 4) is 0 Å². The first-order valence-corrected chi connectivity index (χ1v) is 7.57. The Morgan fingerprint density at radius 2 is 1.85 bits per heavy atom. The molecule has 2 heteroatoms.